The first-order valence-electron chi connectivity index (χ1n) is 7.76. The van der Waals surface area contributed by atoms with E-state index in [2.05, 4.69) is 17.6 Å². The Morgan fingerprint density at radius 2 is 1.90 bits per heavy atom. The molecule has 0 amide bonds. The zero-order valence-corrected chi connectivity index (χ0v) is 13.3. The molecule has 1 saturated carbocycles. The summed E-state index contributed by atoms with van der Waals surface area (Å²) in [6.07, 6.45) is 6.01. The number of ether oxygens (including phenoxy) is 2. The van der Waals surface area contributed by atoms with Crippen LogP contribution in [0, 0.1) is 5.41 Å². The van der Waals surface area contributed by atoms with Crippen LogP contribution in [0.15, 0.2) is 4.99 Å². The molecular formula is C15H31N3O2. The summed E-state index contributed by atoms with van der Waals surface area (Å²) >= 11 is 0. The van der Waals surface area contributed by atoms with Gasteiger partial charge in [-0.3, -0.25) is 4.99 Å². The molecule has 0 aromatic carbocycles. The van der Waals surface area contributed by atoms with Crippen LogP contribution >= 0.6 is 0 Å². The Hall–Kier alpha value is -0.810. The van der Waals surface area contributed by atoms with Gasteiger partial charge in [-0.1, -0.05) is 6.42 Å². The van der Waals surface area contributed by atoms with Crippen LogP contribution in [0.5, 0.6) is 0 Å². The molecule has 0 unspecified atom stereocenters. The van der Waals surface area contributed by atoms with Crippen molar-refractivity contribution >= 4 is 5.96 Å². The average molecular weight is 285 g/mol. The van der Waals surface area contributed by atoms with Gasteiger partial charge in [0.2, 0.25) is 0 Å². The Morgan fingerprint density at radius 1 is 1.15 bits per heavy atom. The number of guanidine groups is 1. The van der Waals surface area contributed by atoms with Crippen molar-refractivity contribution in [3.05, 3.63) is 0 Å². The van der Waals surface area contributed by atoms with Crippen LogP contribution in [0.3, 0.4) is 0 Å². The third kappa shape index (κ3) is 6.09. The molecule has 2 N–H and O–H groups in total. The summed E-state index contributed by atoms with van der Waals surface area (Å²) in [6, 6.07) is 0. The molecular weight excluding hydrogens is 254 g/mol. The standard InChI is InChI=1S/C15H31N3O2/c1-4-16-14(17-10-6-11-19-2)18-13-15(7-5-8-15)9-12-20-3/h4-13H2,1-3H3,(H2,16,17,18). The second-order valence-electron chi connectivity index (χ2n) is 5.56. The van der Waals surface area contributed by atoms with Gasteiger partial charge in [-0.25, -0.2) is 0 Å². The molecule has 0 spiro atoms. The van der Waals surface area contributed by atoms with Gasteiger partial charge in [0.1, 0.15) is 0 Å². The summed E-state index contributed by atoms with van der Waals surface area (Å²) in [5.74, 6) is 0.923. The normalized spacial score (nSPS) is 17.6. The topological polar surface area (TPSA) is 54.9 Å². The van der Waals surface area contributed by atoms with Crippen molar-refractivity contribution in [1.29, 1.82) is 0 Å². The van der Waals surface area contributed by atoms with Crippen molar-refractivity contribution in [1.82, 2.24) is 10.6 Å². The van der Waals surface area contributed by atoms with E-state index in [-0.39, 0.29) is 0 Å². The molecule has 1 aliphatic rings. The number of rotatable bonds is 10. The van der Waals surface area contributed by atoms with E-state index in [0.29, 0.717) is 5.41 Å². The van der Waals surface area contributed by atoms with Gasteiger partial charge in [0, 0.05) is 47.1 Å². The Labute approximate surface area is 123 Å². The van der Waals surface area contributed by atoms with Crippen LogP contribution in [0.4, 0.5) is 0 Å². The van der Waals surface area contributed by atoms with Gasteiger partial charge >= 0.3 is 0 Å². The largest absolute Gasteiger partial charge is 0.385 e. The minimum Gasteiger partial charge on any atom is -0.385 e. The highest BCUT2D eigenvalue weighted by atomic mass is 16.5. The fourth-order valence-electron chi connectivity index (χ4n) is 2.49. The van der Waals surface area contributed by atoms with Crippen LogP contribution in [0.25, 0.3) is 0 Å². The zero-order valence-electron chi connectivity index (χ0n) is 13.3. The van der Waals surface area contributed by atoms with Crippen molar-refractivity contribution < 1.29 is 9.47 Å². The minimum atomic E-state index is 0.380. The van der Waals surface area contributed by atoms with Crippen LogP contribution in [-0.4, -0.2) is 53.0 Å². The van der Waals surface area contributed by atoms with Crippen molar-refractivity contribution in [3.63, 3.8) is 0 Å². The van der Waals surface area contributed by atoms with Crippen LogP contribution in [0.2, 0.25) is 0 Å². The predicted molar refractivity (Wildman–Crippen MR) is 83.3 cm³/mol. The number of nitrogens with zero attached hydrogens (tertiary/aromatic N) is 1. The third-order valence-electron chi connectivity index (χ3n) is 3.99. The molecule has 1 rings (SSSR count). The van der Waals surface area contributed by atoms with E-state index in [0.717, 1.165) is 51.6 Å². The predicted octanol–water partition coefficient (Wildman–Crippen LogP) is 1.78. The first kappa shape index (κ1) is 17.2. The van der Waals surface area contributed by atoms with E-state index in [9.17, 15) is 0 Å². The lowest BCUT2D eigenvalue weighted by molar-refractivity contribution is 0.0778. The quantitative estimate of drug-likeness (QED) is 0.365. The second kappa shape index (κ2) is 10.00. The van der Waals surface area contributed by atoms with E-state index in [4.69, 9.17) is 14.5 Å². The monoisotopic (exact) mass is 285 g/mol. The number of nitrogens with one attached hydrogen (secondary N) is 2. The third-order valence-corrected chi connectivity index (χ3v) is 3.99. The lowest BCUT2D eigenvalue weighted by atomic mass is 9.67. The fraction of sp³-hybridized carbons (Fsp3) is 0.933. The highest BCUT2D eigenvalue weighted by Crippen LogP contribution is 2.44. The second-order valence-corrected chi connectivity index (χ2v) is 5.56. The van der Waals surface area contributed by atoms with Crippen molar-refractivity contribution in [2.45, 2.75) is 39.0 Å². The van der Waals surface area contributed by atoms with E-state index in [1.54, 1.807) is 14.2 Å². The molecule has 5 nitrogen and oxygen atoms in total. The molecule has 0 aromatic heterocycles. The van der Waals surface area contributed by atoms with Gasteiger partial charge in [0.05, 0.1) is 0 Å². The van der Waals surface area contributed by atoms with E-state index in [1.165, 1.54) is 19.3 Å². The summed E-state index contributed by atoms with van der Waals surface area (Å²) < 4.78 is 10.3. The lowest BCUT2D eigenvalue weighted by Gasteiger charge is -2.40. The van der Waals surface area contributed by atoms with E-state index < -0.39 is 0 Å². The molecule has 0 heterocycles. The molecule has 0 saturated heterocycles. The molecule has 0 bridgehead atoms. The van der Waals surface area contributed by atoms with Crippen LogP contribution in [-0.2, 0) is 9.47 Å². The first-order valence-corrected chi connectivity index (χ1v) is 7.76. The fourth-order valence-corrected chi connectivity index (χ4v) is 2.49. The van der Waals surface area contributed by atoms with Crippen LogP contribution < -0.4 is 10.6 Å². The molecule has 5 heteroatoms. The summed E-state index contributed by atoms with van der Waals surface area (Å²) in [5, 5.41) is 6.66. The summed E-state index contributed by atoms with van der Waals surface area (Å²) in [4.78, 5) is 4.76. The zero-order chi connectivity index (χ0) is 14.7. The smallest absolute Gasteiger partial charge is 0.191 e. The molecule has 20 heavy (non-hydrogen) atoms. The minimum absolute atomic E-state index is 0.380. The maximum absolute atomic E-state index is 5.23. The summed E-state index contributed by atoms with van der Waals surface area (Å²) in [5.41, 5.74) is 0.380. The summed E-state index contributed by atoms with van der Waals surface area (Å²) in [7, 11) is 3.51. The molecule has 0 atom stereocenters. The Balaban J connectivity index is 2.39. The number of methoxy groups -OCH3 is 2. The van der Waals surface area contributed by atoms with Gasteiger partial charge < -0.3 is 20.1 Å². The first-order chi connectivity index (χ1) is 9.76. The SMILES string of the molecule is CCNC(=NCC1(CCOC)CCC1)NCCCOC. The lowest BCUT2D eigenvalue weighted by Crippen LogP contribution is -2.40. The number of hydrogen-bond donors (Lipinski definition) is 2. The van der Waals surface area contributed by atoms with E-state index >= 15 is 0 Å². The molecule has 1 fully saturated rings. The maximum atomic E-state index is 5.23. The highest BCUT2D eigenvalue weighted by molar-refractivity contribution is 5.79. The van der Waals surface area contributed by atoms with Gasteiger partial charge in [-0.2, -0.15) is 0 Å². The van der Waals surface area contributed by atoms with Crippen molar-refractivity contribution in [2.75, 3.05) is 47.1 Å². The van der Waals surface area contributed by atoms with Crippen LogP contribution in [0.1, 0.15) is 39.0 Å². The average Bonchev–Trinajstić information content (AvgIpc) is 2.41. The number of aliphatic imine (C=N–C) groups is 1. The van der Waals surface area contributed by atoms with Gasteiger partial charge in [-0.05, 0) is 38.0 Å². The van der Waals surface area contributed by atoms with Gasteiger partial charge in [0.25, 0.3) is 0 Å². The van der Waals surface area contributed by atoms with Gasteiger partial charge in [-0.15, -0.1) is 0 Å². The molecule has 0 radical (unpaired) electrons. The molecule has 0 aliphatic heterocycles. The highest BCUT2D eigenvalue weighted by Gasteiger charge is 2.36. The van der Waals surface area contributed by atoms with Gasteiger partial charge in [0.15, 0.2) is 5.96 Å². The molecule has 1 aliphatic carbocycles. The maximum Gasteiger partial charge on any atom is 0.191 e. The number of hydrogen-bond acceptors (Lipinski definition) is 3. The molecule has 118 valence electrons. The Morgan fingerprint density at radius 3 is 2.45 bits per heavy atom. The van der Waals surface area contributed by atoms with Crippen molar-refractivity contribution in [3.8, 4) is 0 Å². The Bertz CT molecular complexity index is 278. The van der Waals surface area contributed by atoms with E-state index in [1.807, 2.05) is 0 Å². The molecule has 0 aromatic rings. The Kier molecular flexibility index (Phi) is 8.62. The summed E-state index contributed by atoms with van der Waals surface area (Å²) in [6.45, 7) is 6.40. The van der Waals surface area contributed by atoms with Crippen molar-refractivity contribution in [2.24, 2.45) is 10.4 Å².